The minimum absolute atomic E-state index is 0.0104. The molecule has 6 atom stereocenters. The van der Waals surface area contributed by atoms with Crippen LogP contribution in [0.15, 0.2) is 25.3 Å². The van der Waals surface area contributed by atoms with Crippen molar-refractivity contribution in [2.45, 2.75) is 106 Å². The molecule has 4 rings (SSSR count). The first-order valence-corrected chi connectivity index (χ1v) is 15.1. The number of unbranched alkanes of at least 4 members (excludes halogenated alkanes) is 2. The van der Waals surface area contributed by atoms with Crippen molar-refractivity contribution in [3.05, 3.63) is 25.3 Å². The number of carbonyl (C=O) groups is 3. The number of esters is 1. The maximum absolute atomic E-state index is 14.5. The van der Waals surface area contributed by atoms with Crippen LogP contribution in [0.3, 0.4) is 0 Å². The van der Waals surface area contributed by atoms with Crippen LogP contribution in [0.25, 0.3) is 0 Å². The number of hydrogen-bond donors (Lipinski definition) is 1. The van der Waals surface area contributed by atoms with Crippen molar-refractivity contribution in [1.29, 1.82) is 0 Å². The normalized spacial score (nSPS) is 31.7. The van der Waals surface area contributed by atoms with Gasteiger partial charge in [-0.25, -0.2) is 0 Å². The van der Waals surface area contributed by atoms with E-state index in [-0.39, 0.29) is 35.7 Å². The number of rotatable bonds is 13. The maximum Gasteiger partial charge on any atom is 0.310 e. The summed E-state index contributed by atoms with van der Waals surface area (Å²) in [5.41, 5.74) is 0. The Kier molecular flexibility index (Phi) is 9.43. The number of likely N-dealkylation sites (tertiary alicyclic amines) is 1. The standard InChI is InChI=1S/C29H44N2O5S/c1-4-7-8-12-18-36-28(35)23-22-15-16-29(37-22)24(23)26(33)31(20(6-3)19-32)25(29)27(34)30(17-5-2)21-13-10-9-11-14-21/h4-5,20-25,32H,1-2,6-19H2,3H3/t20-,22+,23-,24-,25?,29?/m0/s1. The molecule has 3 heterocycles. The molecule has 0 radical (unpaired) electrons. The number of aliphatic hydroxyl groups excluding tert-OH is 1. The van der Waals surface area contributed by atoms with E-state index < -0.39 is 28.7 Å². The van der Waals surface area contributed by atoms with Crippen molar-refractivity contribution < 1.29 is 24.2 Å². The molecule has 8 heteroatoms. The first-order valence-electron chi connectivity index (χ1n) is 14.2. The number of ether oxygens (including phenoxy) is 1. The molecule has 3 aliphatic heterocycles. The van der Waals surface area contributed by atoms with Crippen LogP contribution < -0.4 is 0 Å². The van der Waals surface area contributed by atoms with E-state index in [2.05, 4.69) is 13.2 Å². The zero-order chi connectivity index (χ0) is 26.6. The van der Waals surface area contributed by atoms with Gasteiger partial charge in [-0.1, -0.05) is 38.3 Å². The summed E-state index contributed by atoms with van der Waals surface area (Å²) in [6, 6.07) is -0.987. The second-order valence-electron chi connectivity index (χ2n) is 11.1. The van der Waals surface area contributed by atoms with Crippen LogP contribution in [0.1, 0.15) is 77.6 Å². The van der Waals surface area contributed by atoms with Crippen LogP contribution in [0.2, 0.25) is 0 Å². The van der Waals surface area contributed by atoms with E-state index in [1.165, 1.54) is 6.42 Å². The predicted molar refractivity (Wildman–Crippen MR) is 146 cm³/mol. The topological polar surface area (TPSA) is 87.1 Å². The summed E-state index contributed by atoms with van der Waals surface area (Å²) in [5, 5.41) is 10.2. The van der Waals surface area contributed by atoms with Gasteiger partial charge in [-0.2, -0.15) is 0 Å². The number of hydrogen-bond acceptors (Lipinski definition) is 6. The molecule has 4 fully saturated rings. The SMILES string of the molecule is C=CCCCCOC(=O)[C@@H]1[C@H]2C(=O)N([C@@H](CC)CO)C(C(=O)N(CC=C)C3CCCCC3)C23CC[C@H]1S3. The van der Waals surface area contributed by atoms with Crippen molar-refractivity contribution in [2.75, 3.05) is 19.8 Å². The average Bonchev–Trinajstić information content (AvgIpc) is 3.56. The molecule has 1 aliphatic carbocycles. The quantitative estimate of drug-likeness (QED) is 0.218. The molecule has 4 aliphatic rings. The number of nitrogens with zero attached hydrogens (tertiary/aromatic N) is 2. The van der Waals surface area contributed by atoms with Gasteiger partial charge >= 0.3 is 5.97 Å². The number of aliphatic hydroxyl groups is 1. The molecule has 0 aromatic rings. The van der Waals surface area contributed by atoms with Crippen LogP contribution in [0.5, 0.6) is 0 Å². The summed E-state index contributed by atoms with van der Waals surface area (Å²) < 4.78 is 5.04. The van der Waals surface area contributed by atoms with Gasteiger partial charge < -0.3 is 19.6 Å². The lowest BCUT2D eigenvalue weighted by Crippen LogP contribution is -2.59. The molecule has 2 amide bonds. The fourth-order valence-corrected chi connectivity index (χ4v) is 9.40. The Morgan fingerprint density at radius 2 is 1.97 bits per heavy atom. The number of allylic oxidation sites excluding steroid dienone is 1. The number of carbonyl (C=O) groups excluding carboxylic acids is 3. The molecular formula is C29H44N2O5S. The molecule has 3 saturated heterocycles. The molecular weight excluding hydrogens is 488 g/mol. The average molecular weight is 533 g/mol. The van der Waals surface area contributed by atoms with E-state index in [1.54, 1.807) is 22.7 Å². The third-order valence-electron chi connectivity index (χ3n) is 8.99. The summed E-state index contributed by atoms with van der Waals surface area (Å²) in [5.74, 6) is -1.63. The maximum atomic E-state index is 14.5. The smallest absolute Gasteiger partial charge is 0.310 e. The number of thioether (sulfide) groups is 1. The second-order valence-corrected chi connectivity index (χ2v) is 12.7. The van der Waals surface area contributed by atoms with Crippen molar-refractivity contribution in [1.82, 2.24) is 9.80 Å². The Bertz CT molecular complexity index is 870. The Hall–Kier alpha value is -1.80. The van der Waals surface area contributed by atoms with Gasteiger partial charge in [-0.3, -0.25) is 14.4 Å². The van der Waals surface area contributed by atoms with E-state index in [0.29, 0.717) is 19.6 Å². The van der Waals surface area contributed by atoms with Crippen molar-refractivity contribution in [2.24, 2.45) is 11.8 Å². The Morgan fingerprint density at radius 3 is 2.62 bits per heavy atom. The molecule has 1 saturated carbocycles. The number of fused-ring (bicyclic) bond motifs is 1. The summed E-state index contributed by atoms with van der Waals surface area (Å²) in [4.78, 5) is 45.5. The van der Waals surface area contributed by atoms with Crippen LogP contribution in [-0.4, -0.2) is 80.6 Å². The van der Waals surface area contributed by atoms with Crippen LogP contribution in [0.4, 0.5) is 0 Å². The van der Waals surface area contributed by atoms with Crippen LogP contribution in [0, 0.1) is 11.8 Å². The van der Waals surface area contributed by atoms with E-state index in [9.17, 15) is 19.5 Å². The second kappa shape index (κ2) is 12.4. The lowest BCUT2D eigenvalue weighted by molar-refractivity contribution is -0.154. The molecule has 2 unspecified atom stereocenters. The predicted octanol–water partition coefficient (Wildman–Crippen LogP) is 4.10. The van der Waals surface area contributed by atoms with Gasteiger partial charge in [0.25, 0.3) is 0 Å². The first-order chi connectivity index (χ1) is 17.9. The fourth-order valence-electron chi connectivity index (χ4n) is 7.21. The monoisotopic (exact) mass is 532 g/mol. The van der Waals surface area contributed by atoms with Crippen LogP contribution in [-0.2, 0) is 19.1 Å². The zero-order valence-electron chi connectivity index (χ0n) is 22.3. The zero-order valence-corrected chi connectivity index (χ0v) is 23.1. The fraction of sp³-hybridized carbons (Fsp3) is 0.759. The summed E-state index contributed by atoms with van der Waals surface area (Å²) in [7, 11) is 0. The highest BCUT2D eigenvalue weighted by molar-refractivity contribution is 8.02. The van der Waals surface area contributed by atoms with Gasteiger partial charge in [0.05, 0.1) is 35.8 Å². The highest BCUT2D eigenvalue weighted by Crippen LogP contribution is 2.67. The molecule has 0 aromatic heterocycles. The molecule has 0 aromatic carbocycles. The Labute approximate surface area is 226 Å². The third-order valence-corrected chi connectivity index (χ3v) is 10.9. The minimum atomic E-state index is -0.677. The number of amides is 2. The van der Waals surface area contributed by atoms with Gasteiger partial charge in [-0.05, 0) is 51.4 Å². The lowest BCUT2D eigenvalue weighted by Gasteiger charge is -2.42. The van der Waals surface area contributed by atoms with E-state index >= 15 is 0 Å². The molecule has 2 bridgehead atoms. The Balaban J connectivity index is 1.64. The van der Waals surface area contributed by atoms with Crippen molar-refractivity contribution in [3.8, 4) is 0 Å². The highest BCUT2D eigenvalue weighted by atomic mass is 32.2. The van der Waals surface area contributed by atoms with E-state index in [1.807, 2.05) is 17.9 Å². The molecule has 1 N–H and O–H groups in total. The molecule has 1 spiro atoms. The highest BCUT2D eigenvalue weighted by Gasteiger charge is 2.74. The summed E-state index contributed by atoms with van der Waals surface area (Å²) in [6.45, 7) is 10.2. The minimum Gasteiger partial charge on any atom is -0.465 e. The van der Waals surface area contributed by atoms with Gasteiger partial charge in [0, 0.05) is 17.8 Å². The largest absolute Gasteiger partial charge is 0.465 e. The van der Waals surface area contributed by atoms with Gasteiger partial charge in [0.15, 0.2) is 0 Å². The molecule has 206 valence electrons. The lowest BCUT2D eigenvalue weighted by atomic mass is 9.71. The third kappa shape index (κ3) is 5.12. The van der Waals surface area contributed by atoms with Gasteiger partial charge in [0.2, 0.25) is 11.8 Å². The van der Waals surface area contributed by atoms with Crippen molar-refractivity contribution >= 4 is 29.5 Å². The van der Waals surface area contributed by atoms with E-state index in [0.717, 1.165) is 57.8 Å². The van der Waals surface area contributed by atoms with Crippen molar-refractivity contribution in [3.63, 3.8) is 0 Å². The summed E-state index contributed by atoms with van der Waals surface area (Å²) in [6.07, 6.45) is 13.6. The van der Waals surface area contributed by atoms with E-state index in [4.69, 9.17) is 4.74 Å². The van der Waals surface area contributed by atoms with Crippen LogP contribution >= 0.6 is 11.8 Å². The Morgan fingerprint density at radius 1 is 1.22 bits per heavy atom. The first kappa shape index (κ1) is 28.2. The molecule has 7 nitrogen and oxygen atoms in total. The van der Waals surface area contributed by atoms with Gasteiger partial charge in [-0.15, -0.1) is 24.9 Å². The molecule has 37 heavy (non-hydrogen) atoms. The van der Waals surface area contributed by atoms with Gasteiger partial charge in [0.1, 0.15) is 6.04 Å². The summed E-state index contributed by atoms with van der Waals surface area (Å²) >= 11 is 1.67.